The molecule has 0 saturated heterocycles. The van der Waals surface area contributed by atoms with Crippen LogP contribution in [0.25, 0.3) is 0 Å². The number of aliphatic hydroxyl groups is 1. The van der Waals surface area contributed by atoms with Crippen molar-refractivity contribution in [2.24, 2.45) is 5.92 Å². The second kappa shape index (κ2) is 5.89. The number of aliphatic hydroxyl groups excluding tert-OH is 1. The molecule has 0 aliphatic heterocycles. The molecule has 0 aliphatic rings. The molecule has 4 nitrogen and oxygen atoms in total. The monoisotopic (exact) mass is 239 g/mol. The molecule has 0 saturated carbocycles. The van der Waals surface area contributed by atoms with Gasteiger partial charge in [0, 0.05) is 12.1 Å². The first kappa shape index (κ1) is 13.8. The summed E-state index contributed by atoms with van der Waals surface area (Å²) in [5.74, 6) is 0.395. The van der Waals surface area contributed by atoms with Crippen LogP contribution in [0.3, 0.4) is 0 Å². The fourth-order valence-corrected chi connectivity index (χ4v) is 1.85. The average molecular weight is 239 g/mol. The highest BCUT2D eigenvalue weighted by molar-refractivity contribution is 5.44. The van der Waals surface area contributed by atoms with Crippen LogP contribution in [0.2, 0.25) is 0 Å². The minimum atomic E-state index is -0.226. The normalized spacial score (nSPS) is 14.9. The Kier molecular flexibility index (Phi) is 4.78. The quantitative estimate of drug-likeness (QED) is 0.632. The molecule has 0 bridgehead atoms. The molecule has 1 rings (SSSR count). The third-order valence-electron chi connectivity index (χ3n) is 2.96. The number of hydrogen-bond donors (Lipinski definition) is 4. The molecular weight excluding hydrogens is 218 g/mol. The van der Waals surface area contributed by atoms with E-state index in [0.29, 0.717) is 5.56 Å². The Hall–Kier alpha value is -1.26. The summed E-state index contributed by atoms with van der Waals surface area (Å²) in [4.78, 5) is 0. The molecule has 4 heteroatoms. The maximum absolute atomic E-state index is 9.72. The van der Waals surface area contributed by atoms with Crippen molar-refractivity contribution in [1.29, 1.82) is 0 Å². The summed E-state index contributed by atoms with van der Waals surface area (Å²) in [5.41, 5.74) is 0.464. The molecular formula is C13H21NO3. The first-order valence-corrected chi connectivity index (χ1v) is 5.85. The van der Waals surface area contributed by atoms with E-state index in [0.717, 1.165) is 0 Å². The summed E-state index contributed by atoms with van der Waals surface area (Å²) in [6.07, 6.45) is 0. The lowest BCUT2D eigenvalue weighted by molar-refractivity contribution is 0.200. The number of nitrogens with one attached hydrogen (secondary N) is 1. The van der Waals surface area contributed by atoms with Gasteiger partial charge in [0.2, 0.25) is 0 Å². The molecule has 0 amide bonds. The predicted octanol–water partition coefficient (Wildman–Crippen LogP) is 1.77. The predicted molar refractivity (Wildman–Crippen MR) is 67.0 cm³/mol. The fraction of sp³-hybridized carbons (Fsp3) is 0.538. The molecule has 4 N–H and O–H groups in total. The van der Waals surface area contributed by atoms with E-state index in [4.69, 9.17) is 0 Å². The Labute approximate surface area is 102 Å². The number of phenolic OH excluding ortho intramolecular Hbond substituents is 2. The van der Waals surface area contributed by atoms with Crippen molar-refractivity contribution in [2.45, 2.75) is 32.9 Å². The van der Waals surface area contributed by atoms with Gasteiger partial charge in [-0.15, -0.1) is 0 Å². The van der Waals surface area contributed by atoms with E-state index in [-0.39, 0.29) is 36.1 Å². The van der Waals surface area contributed by atoms with Crippen LogP contribution in [0.1, 0.15) is 32.4 Å². The van der Waals surface area contributed by atoms with Gasteiger partial charge in [-0.3, -0.25) is 0 Å². The Morgan fingerprint density at radius 3 is 2.06 bits per heavy atom. The minimum absolute atomic E-state index is 0.0242. The van der Waals surface area contributed by atoms with E-state index < -0.39 is 0 Å². The number of phenols is 2. The first-order chi connectivity index (χ1) is 7.97. The Morgan fingerprint density at radius 2 is 1.65 bits per heavy atom. The Morgan fingerprint density at radius 1 is 1.12 bits per heavy atom. The van der Waals surface area contributed by atoms with Crippen molar-refractivity contribution in [3.05, 3.63) is 23.8 Å². The van der Waals surface area contributed by atoms with Gasteiger partial charge in [-0.1, -0.05) is 19.9 Å². The minimum Gasteiger partial charge on any atom is -0.507 e. The molecule has 0 aromatic heterocycles. The van der Waals surface area contributed by atoms with E-state index in [1.165, 1.54) is 12.1 Å². The van der Waals surface area contributed by atoms with Crippen LogP contribution in [0.15, 0.2) is 18.2 Å². The van der Waals surface area contributed by atoms with Gasteiger partial charge in [0.05, 0.1) is 12.2 Å². The summed E-state index contributed by atoms with van der Waals surface area (Å²) >= 11 is 0. The Bertz CT molecular complexity index is 345. The second-order valence-electron chi connectivity index (χ2n) is 4.63. The molecule has 0 aliphatic carbocycles. The highest BCUT2D eigenvalue weighted by atomic mass is 16.3. The Balaban J connectivity index is 2.86. The summed E-state index contributed by atoms with van der Waals surface area (Å²) < 4.78 is 0. The van der Waals surface area contributed by atoms with Crippen molar-refractivity contribution in [3.63, 3.8) is 0 Å². The lowest BCUT2D eigenvalue weighted by Gasteiger charge is -2.25. The summed E-state index contributed by atoms with van der Waals surface area (Å²) in [6.45, 7) is 5.88. The van der Waals surface area contributed by atoms with E-state index >= 15 is 0 Å². The number of rotatable bonds is 5. The molecule has 0 heterocycles. The van der Waals surface area contributed by atoms with Crippen LogP contribution in [-0.4, -0.2) is 28.0 Å². The summed E-state index contributed by atoms with van der Waals surface area (Å²) in [5, 5.41) is 31.9. The first-order valence-electron chi connectivity index (χ1n) is 5.85. The van der Waals surface area contributed by atoms with Gasteiger partial charge in [-0.2, -0.15) is 0 Å². The highest BCUT2D eigenvalue weighted by Crippen LogP contribution is 2.32. The number of hydrogen-bond acceptors (Lipinski definition) is 4. The lowest BCUT2D eigenvalue weighted by atomic mass is 10.0. The van der Waals surface area contributed by atoms with Crippen LogP contribution >= 0.6 is 0 Å². The van der Waals surface area contributed by atoms with Gasteiger partial charge < -0.3 is 20.6 Å². The SMILES string of the molecule is CC(NC(CO)C(C)C)c1c(O)cccc1O. The van der Waals surface area contributed by atoms with E-state index in [9.17, 15) is 15.3 Å². The van der Waals surface area contributed by atoms with Gasteiger partial charge in [0.1, 0.15) is 11.5 Å². The van der Waals surface area contributed by atoms with Crippen LogP contribution in [0, 0.1) is 5.92 Å². The zero-order chi connectivity index (χ0) is 13.0. The molecule has 0 spiro atoms. The summed E-state index contributed by atoms with van der Waals surface area (Å²) in [6, 6.07) is 4.37. The van der Waals surface area contributed by atoms with Gasteiger partial charge in [-0.05, 0) is 25.0 Å². The fourth-order valence-electron chi connectivity index (χ4n) is 1.85. The number of benzene rings is 1. The van der Waals surface area contributed by atoms with Gasteiger partial charge in [-0.25, -0.2) is 0 Å². The van der Waals surface area contributed by atoms with Crippen molar-refractivity contribution >= 4 is 0 Å². The molecule has 0 radical (unpaired) electrons. The largest absolute Gasteiger partial charge is 0.507 e. The van der Waals surface area contributed by atoms with E-state index in [2.05, 4.69) is 5.32 Å². The smallest absolute Gasteiger partial charge is 0.124 e. The van der Waals surface area contributed by atoms with Crippen molar-refractivity contribution in [2.75, 3.05) is 6.61 Å². The molecule has 1 aromatic carbocycles. The maximum atomic E-state index is 9.72. The van der Waals surface area contributed by atoms with Crippen LogP contribution in [0.4, 0.5) is 0 Å². The number of aromatic hydroxyl groups is 2. The lowest BCUT2D eigenvalue weighted by Crippen LogP contribution is -2.38. The molecule has 96 valence electrons. The van der Waals surface area contributed by atoms with Crippen LogP contribution in [0.5, 0.6) is 11.5 Å². The van der Waals surface area contributed by atoms with E-state index in [1.807, 2.05) is 20.8 Å². The third-order valence-corrected chi connectivity index (χ3v) is 2.96. The van der Waals surface area contributed by atoms with Crippen LogP contribution < -0.4 is 5.32 Å². The van der Waals surface area contributed by atoms with Crippen molar-refractivity contribution < 1.29 is 15.3 Å². The molecule has 1 aromatic rings. The third kappa shape index (κ3) is 3.35. The average Bonchev–Trinajstić information content (AvgIpc) is 2.25. The van der Waals surface area contributed by atoms with Crippen molar-refractivity contribution in [1.82, 2.24) is 5.32 Å². The van der Waals surface area contributed by atoms with E-state index in [1.54, 1.807) is 6.07 Å². The van der Waals surface area contributed by atoms with Gasteiger partial charge in [0.25, 0.3) is 0 Å². The zero-order valence-corrected chi connectivity index (χ0v) is 10.5. The maximum Gasteiger partial charge on any atom is 0.124 e. The topological polar surface area (TPSA) is 72.7 Å². The van der Waals surface area contributed by atoms with Crippen LogP contribution in [-0.2, 0) is 0 Å². The zero-order valence-electron chi connectivity index (χ0n) is 10.5. The summed E-state index contributed by atoms with van der Waals surface area (Å²) in [7, 11) is 0. The van der Waals surface area contributed by atoms with Gasteiger partial charge >= 0.3 is 0 Å². The molecule has 17 heavy (non-hydrogen) atoms. The molecule has 2 atom stereocenters. The molecule has 0 fully saturated rings. The standard InChI is InChI=1S/C13H21NO3/c1-8(2)10(7-15)14-9(3)13-11(16)5-4-6-12(13)17/h4-6,8-10,14-17H,7H2,1-3H3. The molecule has 2 unspecified atom stereocenters. The van der Waals surface area contributed by atoms with Gasteiger partial charge in [0.15, 0.2) is 0 Å². The van der Waals surface area contributed by atoms with Crippen molar-refractivity contribution in [3.8, 4) is 11.5 Å². The highest BCUT2D eigenvalue weighted by Gasteiger charge is 2.20. The second-order valence-corrected chi connectivity index (χ2v) is 4.63.